The van der Waals surface area contributed by atoms with Crippen molar-refractivity contribution in [1.29, 1.82) is 0 Å². The predicted octanol–water partition coefficient (Wildman–Crippen LogP) is -0.849. The van der Waals surface area contributed by atoms with E-state index in [-0.39, 0.29) is 40.4 Å². The first-order valence-electron chi connectivity index (χ1n) is 5.84. The van der Waals surface area contributed by atoms with Crippen LogP contribution in [-0.2, 0) is 41.0 Å². The van der Waals surface area contributed by atoms with Gasteiger partial charge in [-0.25, -0.2) is 0 Å². The van der Waals surface area contributed by atoms with E-state index in [1.165, 1.54) is 20.8 Å². The summed E-state index contributed by atoms with van der Waals surface area (Å²) in [5.74, 6) is -2.97. The minimum Gasteiger partial charge on any atom is -0.545 e. The van der Waals surface area contributed by atoms with Gasteiger partial charge in [-0.05, 0) is 38.8 Å². The smallest absolute Gasteiger partial charge is 0.545 e. The molecule has 8 heteroatoms. The van der Waals surface area contributed by atoms with Crippen molar-refractivity contribution in [2.45, 2.75) is 34.1 Å². The summed E-state index contributed by atoms with van der Waals surface area (Å²) in [7, 11) is 0. The number of hydrogen-bond acceptors (Lipinski definition) is 7. The van der Waals surface area contributed by atoms with E-state index in [0.29, 0.717) is 6.61 Å². The Hall–Kier alpha value is -1.92. The van der Waals surface area contributed by atoms with Crippen molar-refractivity contribution in [3.05, 3.63) is 24.3 Å². The molecule has 0 aliphatic rings. The molecule has 7 nitrogen and oxygen atoms in total. The van der Waals surface area contributed by atoms with Crippen LogP contribution < -0.4 is 10.2 Å². The van der Waals surface area contributed by atoms with Crippen LogP contribution in [0.25, 0.3) is 0 Å². The van der Waals surface area contributed by atoms with Crippen molar-refractivity contribution in [1.82, 2.24) is 0 Å². The van der Waals surface area contributed by atoms with Crippen molar-refractivity contribution in [2.24, 2.45) is 0 Å². The van der Waals surface area contributed by atoms with E-state index in [4.69, 9.17) is 0 Å². The monoisotopic (exact) mass is 363 g/mol. The van der Waals surface area contributed by atoms with Crippen LogP contribution in [0.3, 0.4) is 0 Å². The number of ketones is 1. The van der Waals surface area contributed by atoms with E-state index >= 15 is 0 Å². The summed E-state index contributed by atoms with van der Waals surface area (Å²) in [4.78, 5) is 39.6. The summed E-state index contributed by atoms with van der Waals surface area (Å²) in [5, 5.41) is 19.0. The summed E-state index contributed by atoms with van der Waals surface area (Å²) in [5.41, 5.74) is 0.130. The van der Waals surface area contributed by atoms with Gasteiger partial charge in [-0.2, -0.15) is 0 Å². The zero-order chi connectivity index (χ0) is 17.6. The van der Waals surface area contributed by atoms with Crippen LogP contribution in [0.2, 0.25) is 0 Å². The maximum Gasteiger partial charge on any atom is 2.00 e. The largest absolute Gasteiger partial charge is 2.00 e. The van der Waals surface area contributed by atoms with Gasteiger partial charge in [-0.3, -0.25) is 9.59 Å². The first kappa shape index (κ1) is 28.3. The van der Waals surface area contributed by atoms with Gasteiger partial charge in [0.1, 0.15) is 12.2 Å². The molecule has 0 spiro atoms. The van der Waals surface area contributed by atoms with Gasteiger partial charge in [0, 0.05) is 0 Å². The van der Waals surface area contributed by atoms with Gasteiger partial charge in [0.2, 0.25) is 0 Å². The summed E-state index contributed by atoms with van der Waals surface area (Å²) < 4.78 is 4.49. The zero-order valence-electron chi connectivity index (χ0n) is 13.0. The molecule has 0 amide bonds. The topological polar surface area (TPSA) is 124 Å². The second kappa shape index (κ2) is 17.1. The molecule has 22 heavy (non-hydrogen) atoms. The summed E-state index contributed by atoms with van der Waals surface area (Å²) in [6, 6.07) is 0. The first-order chi connectivity index (χ1) is 9.45. The number of carbonyl (C=O) groups excluding carboxylic acids is 4. The van der Waals surface area contributed by atoms with Crippen LogP contribution in [0.5, 0.6) is 0 Å². The summed E-state index contributed by atoms with van der Waals surface area (Å²) >= 11 is 0. The van der Waals surface area contributed by atoms with E-state index in [2.05, 4.69) is 17.9 Å². The van der Waals surface area contributed by atoms with Gasteiger partial charge < -0.3 is 24.5 Å². The Morgan fingerprint density at radius 1 is 0.909 bits per heavy atom. The molecule has 0 rings (SSSR count). The summed E-state index contributed by atoms with van der Waals surface area (Å²) in [6.45, 7) is 12.4. The number of ether oxygens (including phenoxy) is 1. The number of esters is 1. The van der Waals surface area contributed by atoms with Gasteiger partial charge in [0.15, 0.2) is 0 Å². The molecule has 0 fully saturated rings. The van der Waals surface area contributed by atoms with Crippen LogP contribution in [0.1, 0.15) is 34.1 Å². The minimum absolute atomic E-state index is 0. The van der Waals surface area contributed by atoms with Crippen LogP contribution in [0, 0.1) is 0 Å². The number of aliphatic carboxylic acids is 2. The number of Topliss-reactive ketones (excluding diaryl/α,β-unsaturated/α-hetero) is 1. The van der Waals surface area contributed by atoms with E-state index in [9.17, 15) is 29.4 Å². The number of carbonyl (C=O) groups is 4. The van der Waals surface area contributed by atoms with Crippen LogP contribution >= 0.6 is 0 Å². The van der Waals surface area contributed by atoms with E-state index in [1.807, 2.05) is 0 Å². The molecule has 0 atom stereocenters. The Labute approximate surface area is 140 Å². The summed E-state index contributed by atoms with van der Waals surface area (Å²) in [6.07, 6.45) is -0.103. The molecule has 0 aliphatic heterocycles. The standard InChI is InChI=1S/C6H10O3.2C4H6O2.Cu/c1-3-9-6(8)4-5(2)7;2*1-3(2)4(5)6;/h3-4H2,1-2H3;2*1H2,2H3,(H,5,6);/q;;;+2/p-2. The Bertz CT molecular complexity index is 365. The van der Waals surface area contributed by atoms with Gasteiger partial charge in [-0.1, -0.05) is 13.2 Å². The van der Waals surface area contributed by atoms with Crippen molar-refractivity contribution >= 4 is 23.7 Å². The van der Waals surface area contributed by atoms with Crippen molar-refractivity contribution in [3.63, 3.8) is 0 Å². The van der Waals surface area contributed by atoms with E-state index in [0.717, 1.165) is 0 Å². The molecule has 0 bridgehead atoms. The third-order valence-corrected chi connectivity index (χ3v) is 1.40. The fraction of sp³-hybridized carbons (Fsp3) is 0.429. The molecular weight excluding hydrogens is 344 g/mol. The average Bonchev–Trinajstić information content (AvgIpc) is 2.29. The second-order valence-corrected chi connectivity index (χ2v) is 3.82. The molecule has 0 aromatic carbocycles. The fourth-order valence-electron chi connectivity index (χ4n) is 0.415. The van der Waals surface area contributed by atoms with Gasteiger partial charge >= 0.3 is 23.0 Å². The molecule has 129 valence electrons. The third kappa shape index (κ3) is 30.8. The maximum atomic E-state index is 10.4. The number of hydrogen-bond donors (Lipinski definition) is 0. The normalized spacial score (nSPS) is 7.64. The van der Waals surface area contributed by atoms with Crippen molar-refractivity contribution in [2.75, 3.05) is 6.61 Å². The molecule has 0 aliphatic carbocycles. The number of carboxylic acids is 2. The van der Waals surface area contributed by atoms with Gasteiger partial charge in [0.05, 0.1) is 18.5 Å². The number of carboxylic acid groups (broad SMARTS) is 2. The van der Waals surface area contributed by atoms with Crippen molar-refractivity contribution < 1.29 is 51.2 Å². The Morgan fingerprint density at radius 3 is 1.32 bits per heavy atom. The average molecular weight is 364 g/mol. The molecule has 0 aromatic heterocycles. The quantitative estimate of drug-likeness (QED) is 0.269. The molecule has 0 saturated heterocycles. The minimum atomic E-state index is -1.19. The second-order valence-electron chi connectivity index (χ2n) is 3.82. The molecule has 1 radical (unpaired) electrons. The van der Waals surface area contributed by atoms with Crippen LogP contribution in [0.4, 0.5) is 0 Å². The number of rotatable bonds is 5. The Kier molecular flexibility index (Phi) is 22.0. The molecule has 0 N–H and O–H groups in total. The molecule has 0 saturated carbocycles. The first-order valence-corrected chi connectivity index (χ1v) is 5.84. The fourth-order valence-corrected chi connectivity index (χ4v) is 0.415. The molecular formula is C14H20CuO7. The SMILES string of the molecule is C=C(C)C(=O)[O-].C=C(C)C(=O)[O-].CCOC(=O)CC(C)=O.[Cu+2]. The maximum absolute atomic E-state index is 10.4. The van der Waals surface area contributed by atoms with Gasteiger partial charge in [-0.15, -0.1) is 0 Å². The van der Waals surface area contributed by atoms with Crippen molar-refractivity contribution in [3.8, 4) is 0 Å². The van der Waals surface area contributed by atoms with E-state index in [1.54, 1.807) is 6.92 Å². The third-order valence-electron chi connectivity index (χ3n) is 1.40. The van der Waals surface area contributed by atoms with Crippen LogP contribution in [-0.4, -0.2) is 30.3 Å². The van der Waals surface area contributed by atoms with Gasteiger partial charge in [0.25, 0.3) is 0 Å². The molecule has 0 unspecified atom stereocenters. The Balaban J connectivity index is -0.000000112. The zero-order valence-corrected chi connectivity index (χ0v) is 13.9. The Morgan fingerprint density at radius 2 is 1.18 bits per heavy atom. The van der Waals surface area contributed by atoms with E-state index < -0.39 is 17.9 Å². The van der Waals surface area contributed by atoms with Crippen LogP contribution in [0.15, 0.2) is 24.3 Å². The molecule has 0 heterocycles. The molecule has 0 aromatic rings. The predicted molar refractivity (Wildman–Crippen MR) is 71.6 cm³/mol.